The summed E-state index contributed by atoms with van der Waals surface area (Å²) in [7, 11) is 0. The first-order chi connectivity index (χ1) is 13.2. The van der Waals surface area contributed by atoms with Gasteiger partial charge in [0.1, 0.15) is 0 Å². The van der Waals surface area contributed by atoms with Gasteiger partial charge in [-0.3, -0.25) is 14.5 Å². The van der Waals surface area contributed by atoms with E-state index < -0.39 is 0 Å². The van der Waals surface area contributed by atoms with Gasteiger partial charge in [0.25, 0.3) is 5.91 Å². The molecule has 0 unspecified atom stereocenters. The summed E-state index contributed by atoms with van der Waals surface area (Å²) < 4.78 is 5.34. The van der Waals surface area contributed by atoms with Crippen LogP contribution in [0.5, 0.6) is 0 Å². The van der Waals surface area contributed by atoms with Crippen LogP contribution in [0.25, 0.3) is 0 Å². The van der Waals surface area contributed by atoms with E-state index in [0.29, 0.717) is 17.8 Å². The standard InChI is InChI=1S/C21H31N3O3/c25-20(17-7-2-1-3-8-17)23-19-10-5-4-9-18(19)21(26)22-11-6-12-24-13-15-27-16-14-24/h4-5,9-10,17H,1-3,6-8,11-16H2,(H,22,26)(H,23,25). The molecule has 0 aromatic heterocycles. The number of carbonyl (C=O) groups is 2. The normalized spacial score (nSPS) is 18.8. The fourth-order valence-electron chi connectivity index (χ4n) is 3.81. The van der Waals surface area contributed by atoms with Gasteiger partial charge in [0, 0.05) is 25.6 Å². The van der Waals surface area contributed by atoms with Gasteiger partial charge in [0.05, 0.1) is 24.5 Å². The Labute approximate surface area is 161 Å². The first kappa shape index (κ1) is 19.8. The van der Waals surface area contributed by atoms with Crippen LogP contribution in [0.3, 0.4) is 0 Å². The Morgan fingerprint density at radius 1 is 1.07 bits per heavy atom. The number of hydrogen-bond acceptors (Lipinski definition) is 4. The van der Waals surface area contributed by atoms with Gasteiger partial charge in [-0.25, -0.2) is 0 Å². The highest BCUT2D eigenvalue weighted by Gasteiger charge is 2.22. The van der Waals surface area contributed by atoms with Crippen LogP contribution in [0.15, 0.2) is 24.3 Å². The second-order valence-corrected chi connectivity index (χ2v) is 7.43. The zero-order valence-electron chi connectivity index (χ0n) is 16.0. The van der Waals surface area contributed by atoms with Crippen LogP contribution in [0.1, 0.15) is 48.9 Å². The van der Waals surface area contributed by atoms with Crippen molar-refractivity contribution in [3.05, 3.63) is 29.8 Å². The molecular weight excluding hydrogens is 342 g/mol. The third-order valence-corrected chi connectivity index (χ3v) is 5.45. The summed E-state index contributed by atoms with van der Waals surface area (Å²) in [5.74, 6) is -0.0119. The highest BCUT2D eigenvalue weighted by Crippen LogP contribution is 2.25. The molecule has 1 aliphatic heterocycles. The average Bonchev–Trinajstić information content (AvgIpc) is 2.73. The summed E-state index contributed by atoms with van der Waals surface area (Å²) >= 11 is 0. The molecule has 0 spiro atoms. The molecule has 3 rings (SSSR count). The first-order valence-electron chi connectivity index (χ1n) is 10.2. The van der Waals surface area contributed by atoms with E-state index in [-0.39, 0.29) is 17.7 Å². The number of benzene rings is 1. The van der Waals surface area contributed by atoms with Gasteiger partial charge in [-0.1, -0.05) is 31.4 Å². The monoisotopic (exact) mass is 373 g/mol. The van der Waals surface area contributed by atoms with Crippen LogP contribution in [0.2, 0.25) is 0 Å². The van der Waals surface area contributed by atoms with Crippen molar-refractivity contribution >= 4 is 17.5 Å². The molecular formula is C21H31N3O3. The van der Waals surface area contributed by atoms with Crippen molar-refractivity contribution in [1.82, 2.24) is 10.2 Å². The zero-order valence-corrected chi connectivity index (χ0v) is 16.0. The number of amides is 2. The van der Waals surface area contributed by atoms with Crippen molar-refractivity contribution in [2.75, 3.05) is 44.7 Å². The van der Waals surface area contributed by atoms with Crippen LogP contribution < -0.4 is 10.6 Å². The topological polar surface area (TPSA) is 70.7 Å². The van der Waals surface area contributed by atoms with E-state index in [0.717, 1.165) is 65.0 Å². The lowest BCUT2D eigenvalue weighted by Crippen LogP contribution is -2.38. The number of morpholine rings is 1. The van der Waals surface area contributed by atoms with Crippen LogP contribution >= 0.6 is 0 Å². The Morgan fingerprint density at radius 2 is 1.81 bits per heavy atom. The minimum Gasteiger partial charge on any atom is -0.379 e. The fourth-order valence-corrected chi connectivity index (χ4v) is 3.81. The Morgan fingerprint density at radius 3 is 2.59 bits per heavy atom. The van der Waals surface area contributed by atoms with Crippen molar-refractivity contribution in [2.24, 2.45) is 5.92 Å². The van der Waals surface area contributed by atoms with Crippen molar-refractivity contribution < 1.29 is 14.3 Å². The van der Waals surface area contributed by atoms with Gasteiger partial charge in [-0.2, -0.15) is 0 Å². The van der Waals surface area contributed by atoms with Gasteiger partial charge in [-0.05, 0) is 37.9 Å². The first-order valence-corrected chi connectivity index (χ1v) is 10.2. The fraction of sp³-hybridized carbons (Fsp3) is 0.619. The molecule has 1 aliphatic carbocycles. The van der Waals surface area contributed by atoms with Gasteiger partial charge in [0.2, 0.25) is 5.91 Å². The molecule has 2 aliphatic rings. The number of nitrogens with zero attached hydrogens (tertiary/aromatic N) is 1. The van der Waals surface area contributed by atoms with Gasteiger partial charge >= 0.3 is 0 Å². The number of ether oxygens (including phenoxy) is 1. The lowest BCUT2D eigenvalue weighted by Gasteiger charge is -2.26. The number of para-hydroxylation sites is 1. The maximum atomic E-state index is 12.6. The second-order valence-electron chi connectivity index (χ2n) is 7.43. The van der Waals surface area contributed by atoms with E-state index in [1.54, 1.807) is 6.07 Å². The molecule has 148 valence electrons. The van der Waals surface area contributed by atoms with E-state index in [4.69, 9.17) is 4.74 Å². The third kappa shape index (κ3) is 6.04. The van der Waals surface area contributed by atoms with E-state index in [1.165, 1.54) is 6.42 Å². The molecule has 1 heterocycles. The smallest absolute Gasteiger partial charge is 0.253 e. The number of anilines is 1. The third-order valence-electron chi connectivity index (χ3n) is 5.45. The van der Waals surface area contributed by atoms with Crippen molar-refractivity contribution in [3.63, 3.8) is 0 Å². The maximum absolute atomic E-state index is 12.6. The summed E-state index contributed by atoms with van der Waals surface area (Å²) in [6.07, 6.45) is 6.24. The molecule has 1 saturated carbocycles. The Bertz CT molecular complexity index is 623. The summed E-state index contributed by atoms with van der Waals surface area (Å²) in [4.78, 5) is 27.5. The van der Waals surface area contributed by atoms with Crippen molar-refractivity contribution in [3.8, 4) is 0 Å². The van der Waals surface area contributed by atoms with E-state index >= 15 is 0 Å². The van der Waals surface area contributed by atoms with Crippen LogP contribution in [0.4, 0.5) is 5.69 Å². The van der Waals surface area contributed by atoms with Gasteiger partial charge in [0.15, 0.2) is 0 Å². The maximum Gasteiger partial charge on any atom is 0.253 e. The van der Waals surface area contributed by atoms with Crippen LogP contribution in [0, 0.1) is 5.92 Å². The molecule has 0 radical (unpaired) electrons. The summed E-state index contributed by atoms with van der Waals surface area (Å²) in [5.41, 5.74) is 1.15. The van der Waals surface area contributed by atoms with E-state index in [2.05, 4.69) is 15.5 Å². The van der Waals surface area contributed by atoms with E-state index in [9.17, 15) is 9.59 Å². The highest BCUT2D eigenvalue weighted by atomic mass is 16.5. The molecule has 1 aromatic carbocycles. The molecule has 6 heteroatoms. The molecule has 6 nitrogen and oxygen atoms in total. The summed E-state index contributed by atoms with van der Waals surface area (Å²) in [6, 6.07) is 7.27. The molecule has 1 aromatic rings. The minimum atomic E-state index is -0.128. The quantitative estimate of drug-likeness (QED) is 0.721. The molecule has 0 atom stereocenters. The van der Waals surface area contributed by atoms with Crippen molar-refractivity contribution in [1.29, 1.82) is 0 Å². The van der Waals surface area contributed by atoms with E-state index in [1.807, 2.05) is 18.2 Å². The molecule has 2 amide bonds. The van der Waals surface area contributed by atoms with Gasteiger partial charge < -0.3 is 15.4 Å². The summed E-state index contributed by atoms with van der Waals surface area (Å²) in [5, 5.41) is 5.96. The Hall–Kier alpha value is -1.92. The predicted molar refractivity (Wildman–Crippen MR) is 106 cm³/mol. The number of nitrogens with one attached hydrogen (secondary N) is 2. The SMILES string of the molecule is O=C(NCCCN1CCOCC1)c1ccccc1NC(=O)C1CCCCC1. The number of rotatable bonds is 7. The molecule has 1 saturated heterocycles. The molecule has 2 fully saturated rings. The zero-order chi connectivity index (χ0) is 18.9. The molecule has 27 heavy (non-hydrogen) atoms. The molecule has 0 bridgehead atoms. The number of hydrogen-bond donors (Lipinski definition) is 2. The predicted octanol–water partition coefficient (Wildman–Crippen LogP) is 2.66. The largest absolute Gasteiger partial charge is 0.379 e. The summed E-state index contributed by atoms with van der Waals surface area (Å²) in [6.45, 7) is 5.10. The molecule has 2 N–H and O–H groups in total. The lowest BCUT2D eigenvalue weighted by molar-refractivity contribution is -0.120. The van der Waals surface area contributed by atoms with Crippen LogP contribution in [-0.4, -0.2) is 56.1 Å². The Balaban J connectivity index is 1.48. The number of carbonyl (C=O) groups excluding carboxylic acids is 2. The average molecular weight is 373 g/mol. The minimum absolute atomic E-state index is 0.0438. The highest BCUT2D eigenvalue weighted by molar-refractivity contribution is 6.04. The van der Waals surface area contributed by atoms with Crippen molar-refractivity contribution in [2.45, 2.75) is 38.5 Å². The second kappa shape index (κ2) is 10.4. The van der Waals surface area contributed by atoms with Crippen LogP contribution in [-0.2, 0) is 9.53 Å². The lowest BCUT2D eigenvalue weighted by atomic mass is 9.88. The Kier molecular flexibility index (Phi) is 7.66. The van der Waals surface area contributed by atoms with Gasteiger partial charge in [-0.15, -0.1) is 0 Å².